The molecule has 6 nitrogen and oxygen atoms in total. The zero-order valence-electron chi connectivity index (χ0n) is 13.7. The maximum atomic E-state index is 12.9. The van der Waals surface area contributed by atoms with Crippen molar-refractivity contribution in [1.82, 2.24) is 14.1 Å². The number of anilines is 1. The van der Waals surface area contributed by atoms with Gasteiger partial charge in [0.25, 0.3) is 0 Å². The Morgan fingerprint density at radius 1 is 1.17 bits per heavy atom. The van der Waals surface area contributed by atoms with Gasteiger partial charge in [0.15, 0.2) is 0 Å². The molecule has 0 aliphatic carbocycles. The Labute approximate surface area is 137 Å². The van der Waals surface area contributed by atoms with Crippen LogP contribution < -0.4 is 4.90 Å². The molecular formula is C16H22N4O2S. The number of hydrogen-bond donors (Lipinski definition) is 0. The maximum absolute atomic E-state index is 12.9. The molecule has 7 heteroatoms. The second-order valence-corrected chi connectivity index (χ2v) is 8.01. The predicted molar refractivity (Wildman–Crippen MR) is 89.9 cm³/mol. The molecule has 0 bridgehead atoms. The molecule has 124 valence electrons. The molecular weight excluding hydrogens is 312 g/mol. The third kappa shape index (κ3) is 2.98. The first-order valence-electron chi connectivity index (χ1n) is 7.67. The Balaban J connectivity index is 1.90. The van der Waals surface area contributed by atoms with Crippen molar-refractivity contribution in [3.05, 3.63) is 41.7 Å². The van der Waals surface area contributed by atoms with E-state index in [1.165, 1.54) is 0 Å². The second-order valence-electron chi connectivity index (χ2n) is 6.07. The van der Waals surface area contributed by atoms with Gasteiger partial charge in [-0.15, -0.1) is 0 Å². The van der Waals surface area contributed by atoms with Crippen molar-refractivity contribution < 1.29 is 8.42 Å². The molecule has 0 N–H and O–H groups in total. The van der Waals surface area contributed by atoms with E-state index in [0.717, 1.165) is 29.8 Å². The Morgan fingerprint density at radius 3 is 2.52 bits per heavy atom. The van der Waals surface area contributed by atoms with Crippen molar-refractivity contribution in [1.29, 1.82) is 0 Å². The maximum Gasteiger partial charge on any atom is 0.243 e. The molecule has 0 spiro atoms. The van der Waals surface area contributed by atoms with Crippen LogP contribution in [0.4, 0.5) is 5.69 Å². The van der Waals surface area contributed by atoms with Crippen molar-refractivity contribution >= 4 is 15.7 Å². The molecule has 0 unspecified atom stereocenters. The van der Waals surface area contributed by atoms with Crippen LogP contribution in [0.2, 0.25) is 0 Å². The fourth-order valence-corrected chi connectivity index (χ4v) is 4.38. The van der Waals surface area contributed by atoms with E-state index in [1.807, 2.05) is 42.9 Å². The topological polar surface area (TPSA) is 58.4 Å². The van der Waals surface area contributed by atoms with E-state index >= 15 is 0 Å². The van der Waals surface area contributed by atoms with Crippen LogP contribution in [0.5, 0.6) is 0 Å². The average Bonchev–Trinajstić information content (AvgIpc) is 2.75. The normalized spacial score (nSPS) is 16.0. The highest BCUT2D eigenvalue weighted by molar-refractivity contribution is 7.89. The van der Waals surface area contributed by atoms with E-state index < -0.39 is 10.0 Å². The fourth-order valence-electron chi connectivity index (χ4n) is 2.93. The summed E-state index contributed by atoms with van der Waals surface area (Å²) in [5.41, 5.74) is 3.11. The fraction of sp³-hybridized carbons (Fsp3) is 0.438. The summed E-state index contributed by atoms with van der Waals surface area (Å²) < 4.78 is 29.3. The summed E-state index contributed by atoms with van der Waals surface area (Å²) in [6.07, 6.45) is 3.44. The van der Waals surface area contributed by atoms with Crippen molar-refractivity contribution in [3.8, 4) is 0 Å². The average molecular weight is 334 g/mol. The van der Waals surface area contributed by atoms with E-state index in [4.69, 9.17) is 0 Å². The molecule has 2 aromatic rings. The molecule has 1 aromatic carbocycles. The van der Waals surface area contributed by atoms with Gasteiger partial charge in [-0.3, -0.25) is 4.68 Å². The van der Waals surface area contributed by atoms with Gasteiger partial charge in [0, 0.05) is 51.2 Å². The Kier molecular flexibility index (Phi) is 4.16. The highest BCUT2D eigenvalue weighted by atomic mass is 32.2. The summed E-state index contributed by atoms with van der Waals surface area (Å²) in [5, 5.41) is 4.25. The first kappa shape index (κ1) is 16.0. The van der Waals surface area contributed by atoms with Gasteiger partial charge in [0.05, 0.1) is 11.1 Å². The zero-order chi connectivity index (χ0) is 16.6. The lowest BCUT2D eigenvalue weighted by atomic mass is 10.2. The largest absolute Gasteiger partial charge is 0.378 e. The van der Waals surface area contributed by atoms with Crippen LogP contribution in [0, 0.1) is 0 Å². The minimum atomic E-state index is -3.48. The summed E-state index contributed by atoms with van der Waals surface area (Å²) in [4.78, 5) is 2.29. The Morgan fingerprint density at radius 2 is 1.87 bits per heavy atom. The van der Waals surface area contributed by atoms with Crippen LogP contribution in [-0.4, -0.2) is 43.1 Å². The molecule has 0 atom stereocenters. The van der Waals surface area contributed by atoms with Crippen LogP contribution in [0.15, 0.2) is 35.4 Å². The van der Waals surface area contributed by atoms with E-state index in [0.29, 0.717) is 18.0 Å². The number of nitrogens with zero attached hydrogens (tertiary/aromatic N) is 4. The van der Waals surface area contributed by atoms with Gasteiger partial charge in [-0.2, -0.15) is 9.40 Å². The van der Waals surface area contributed by atoms with Gasteiger partial charge in [-0.25, -0.2) is 8.42 Å². The van der Waals surface area contributed by atoms with Crippen LogP contribution in [0.1, 0.15) is 17.7 Å². The first-order valence-corrected chi connectivity index (χ1v) is 9.11. The lowest BCUT2D eigenvalue weighted by Crippen LogP contribution is -2.30. The van der Waals surface area contributed by atoms with Gasteiger partial charge in [0.1, 0.15) is 0 Å². The molecule has 3 rings (SSSR count). The number of aryl methyl sites for hydroxylation is 1. The highest BCUT2D eigenvalue weighted by Crippen LogP contribution is 2.25. The van der Waals surface area contributed by atoms with Crippen molar-refractivity contribution in [2.75, 3.05) is 25.5 Å². The number of benzene rings is 1. The van der Waals surface area contributed by atoms with Gasteiger partial charge in [0.2, 0.25) is 10.0 Å². The minimum absolute atomic E-state index is 0.343. The highest BCUT2D eigenvalue weighted by Gasteiger charge is 2.28. The Bertz CT molecular complexity index is 794. The molecule has 1 aliphatic rings. The van der Waals surface area contributed by atoms with E-state index in [2.05, 4.69) is 5.10 Å². The smallest absolute Gasteiger partial charge is 0.243 e. The van der Waals surface area contributed by atoms with E-state index in [9.17, 15) is 8.42 Å². The van der Waals surface area contributed by atoms with Crippen molar-refractivity contribution in [2.24, 2.45) is 7.05 Å². The quantitative estimate of drug-likeness (QED) is 0.856. The van der Waals surface area contributed by atoms with Gasteiger partial charge < -0.3 is 4.90 Å². The summed E-state index contributed by atoms with van der Waals surface area (Å²) in [6.45, 7) is 0.924. The monoisotopic (exact) mass is 334 g/mol. The van der Waals surface area contributed by atoms with Crippen LogP contribution in [-0.2, 0) is 30.0 Å². The third-order valence-electron chi connectivity index (χ3n) is 4.31. The molecule has 0 amide bonds. The number of aromatic nitrogens is 2. The van der Waals surface area contributed by atoms with E-state index in [-0.39, 0.29) is 0 Å². The van der Waals surface area contributed by atoms with Crippen LogP contribution in [0.25, 0.3) is 0 Å². The number of rotatable bonds is 3. The lowest BCUT2D eigenvalue weighted by molar-refractivity contribution is 0.409. The molecule has 0 radical (unpaired) electrons. The van der Waals surface area contributed by atoms with Crippen molar-refractivity contribution in [2.45, 2.75) is 24.3 Å². The minimum Gasteiger partial charge on any atom is -0.378 e. The van der Waals surface area contributed by atoms with E-state index in [1.54, 1.807) is 22.6 Å². The Hall–Kier alpha value is -1.86. The third-order valence-corrected chi connectivity index (χ3v) is 6.17. The molecule has 23 heavy (non-hydrogen) atoms. The van der Waals surface area contributed by atoms with Crippen LogP contribution >= 0.6 is 0 Å². The molecule has 1 aliphatic heterocycles. The molecule has 2 heterocycles. The number of sulfonamides is 1. The lowest BCUT2D eigenvalue weighted by Gasteiger charge is -2.20. The summed E-state index contributed by atoms with van der Waals surface area (Å²) >= 11 is 0. The molecule has 0 saturated carbocycles. The van der Waals surface area contributed by atoms with Crippen molar-refractivity contribution in [3.63, 3.8) is 0 Å². The standard InChI is InChI=1S/C16H22N4O2S/c1-18(2)14-6-8-15(9-7-14)23(21,22)20-10-4-5-16-13(12-20)11-17-19(16)3/h6-9,11H,4-5,10,12H2,1-3H3. The zero-order valence-corrected chi connectivity index (χ0v) is 14.5. The predicted octanol–water partition coefficient (Wildman–Crippen LogP) is 1.62. The van der Waals surface area contributed by atoms with Gasteiger partial charge in [-0.05, 0) is 37.1 Å². The summed E-state index contributed by atoms with van der Waals surface area (Å²) in [7, 11) is 2.29. The first-order chi connectivity index (χ1) is 10.9. The van der Waals surface area contributed by atoms with Crippen LogP contribution in [0.3, 0.4) is 0 Å². The summed E-state index contributed by atoms with van der Waals surface area (Å²) in [5.74, 6) is 0. The molecule has 0 saturated heterocycles. The van der Waals surface area contributed by atoms with Gasteiger partial charge >= 0.3 is 0 Å². The summed E-state index contributed by atoms with van der Waals surface area (Å²) in [6, 6.07) is 7.03. The molecule has 1 aromatic heterocycles. The number of hydrogen-bond acceptors (Lipinski definition) is 4. The van der Waals surface area contributed by atoms with Gasteiger partial charge in [-0.1, -0.05) is 0 Å². The molecule has 0 fully saturated rings. The number of fused-ring (bicyclic) bond motifs is 1. The SMILES string of the molecule is CN(C)c1ccc(S(=O)(=O)N2CCCc3c(cnn3C)C2)cc1. The second kappa shape index (κ2) is 5.98.